The van der Waals surface area contributed by atoms with E-state index in [1.54, 1.807) is 31.2 Å². The van der Waals surface area contributed by atoms with E-state index in [9.17, 15) is 14.7 Å². The largest absolute Gasteiger partial charge is 0.469 e. The van der Waals surface area contributed by atoms with E-state index in [1.165, 1.54) is 7.11 Å². The summed E-state index contributed by atoms with van der Waals surface area (Å²) in [6.45, 7) is 1.54. The summed E-state index contributed by atoms with van der Waals surface area (Å²) < 4.78 is 4.64. The van der Waals surface area contributed by atoms with Gasteiger partial charge in [-0.1, -0.05) is 24.3 Å². The molecule has 2 rings (SSSR count). The fourth-order valence-corrected chi connectivity index (χ4v) is 2.30. The monoisotopic (exact) mass is 234 g/mol. The number of esters is 1. The van der Waals surface area contributed by atoms with E-state index in [2.05, 4.69) is 4.74 Å². The number of benzene rings is 1. The van der Waals surface area contributed by atoms with Gasteiger partial charge in [0, 0.05) is 12.0 Å². The maximum atomic E-state index is 11.9. The molecule has 4 heteroatoms. The van der Waals surface area contributed by atoms with Gasteiger partial charge in [0.1, 0.15) is 5.60 Å². The highest BCUT2D eigenvalue weighted by Gasteiger charge is 2.46. The molecule has 0 radical (unpaired) electrons. The first-order chi connectivity index (χ1) is 7.98. The summed E-state index contributed by atoms with van der Waals surface area (Å²) >= 11 is 0. The standard InChI is InChI=1S/C13H14O4/c1-13(16)9-6-4-3-5-8(9)11(14)7-10(13)12(15)17-2/h3-6,10,16H,7H2,1-2H3/t10-,13-/m0/s1. The molecule has 17 heavy (non-hydrogen) atoms. The average molecular weight is 234 g/mol. The minimum absolute atomic E-state index is 0.0172. The van der Waals surface area contributed by atoms with Gasteiger partial charge in [0.25, 0.3) is 0 Å². The molecule has 1 aromatic carbocycles. The summed E-state index contributed by atoms with van der Waals surface area (Å²) in [6.07, 6.45) is -0.0172. The van der Waals surface area contributed by atoms with Gasteiger partial charge in [0.05, 0.1) is 13.0 Å². The molecule has 0 saturated heterocycles. The Kier molecular flexibility index (Phi) is 2.75. The van der Waals surface area contributed by atoms with Crippen molar-refractivity contribution in [3.8, 4) is 0 Å². The lowest BCUT2D eigenvalue weighted by Crippen LogP contribution is -2.43. The van der Waals surface area contributed by atoms with Crippen LogP contribution in [0.3, 0.4) is 0 Å². The van der Waals surface area contributed by atoms with E-state index in [4.69, 9.17) is 0 Å². The van der Waals surface area contributed by atoms with E-state index in [0.29, 0.717) is 11.1 Å². The number of aliphatic hydroxyl groups is 1. The number of ketones is 1. The minimum atomic E-state index is -1.36. The molecule has 0 bridgehead atoms. The van der Waals surface area contributed by atoms with Crippen LogP contribution in [-0.2, 0) is 15.1 Å². The Labute approximate surface area is 99.2 Å². The van der Waals surface area contributed by atoms with Crippen LogP contribution in [-0.4, -0.2) is 24.0 Å². The number of fused-ring (bicyclic) bond motifs is 1. The first kappa shape index (κ1) is 11.8. The Hall–Kier alpha value is -1.68. The van der Waals surface area contributed by atoms with Crippen molar-refractivity contribution >= 4 is 11.8 Å². The molecule has 90 valence electrons. The predicted molar refractivity (Wildman–Crippen MR) is 60.5 cm³/mol. The fraction of sp³-hybridized carbons (Fsp3) is 0.385. The van der Waals surface area contributed by atoms with Crippen molar-refractivity contribution in [2.45, 2.75) is 18.9 Å². The number of rotatable bonds is 1. The smallest absolute Gasteiger partial charge is 0.312 e. The summed E-state index contributed by atoms with van der Waals surface area (Å²) in [5.74, 6) is -1.53. The maximum absolute atomic E-state index is 11.9. The summed E-state index contributed by atoms with van der Waals surface area (Å²) in [7, 11) is 1.25. The molecule has 4 nitrogen and oxygen atoms in total. The third-order valence-electron chi connectivity index (χ3n) is 3.33. The molecule has 1 aliphatic carbocycles. The van der Waals surface area contributed by atoms with Crippen molar-refractivity contribution < 1.29 is 19.4 Å². The normalized spacial score (nSPS) is 27.5. The van der Waals surface area contributed by atoms with Crippen LogP contribution in [0.1, 0.15) is 29.3 Å². The van der Waals surface area contributed by atoms with Gasteiger partial charge >= 0.3 is 5.97 Å². The van der Waals surface area contributed by atoms with Gasteiger partial charge in [-0.3, -0.25) is 9.59 Å². The van der Waals surface area contributed by atoms with E-state index in [1.807, 2.05) is 0 Å². The van der Waals surface area contributed by atoms with Crippen LogP contribution < -0.4 is 0 Å². The number of carbonyl (C=O) groups is 2. The average Bonchev–Trinajstić information content (AvgIpc) is 2.33. The molecule has 0 fully saturated rings. The molecule has 0 unspecified atom stereocenters. The molecule has 0 spiro atoms. The Balaban J connectivity index is 2.54. The van der Waals surface area contributed by atoms with Gasteiger partial charge in [-0.05, 0) is 12.5 Å². The van der Waals surface area contributed by atoms with E-state index >= 15 is 0 Å². The van der Waals surface area contributed by atoms with Gasteiger partial charge in [-0.25, -0.2) is 0 Å². The molecule has 0 amide bonds. The SMILES string of the molecule is COC(=O)[C@@H]1CC(=O)c2ccccc2[C@]1(C)O. The van der Waals surface area contributed by atoms with Crippen LogP contribution >= 0.6 is 0 Å². The summed E-state index contributed by atoms with van der Waals surface area (Å²) in [6, 6.07) is 6.81. The number of ether oxygens (including phenoxy) is 1. The Bertz CT molecular complexity index is 476. The molecule has 0 aliphatic heterocycles. The van der Waals surface area contributed by atoms with Gasteiger partial charge < -0.3 is 9.84 Å². The topological polar surface area (TPSA) is 63.6 Å². The first-order valence-corrected chi connectivity index (χ1v) is 5.41. The van der Waals surface area contributed by atoms with Crippen molar-refractivity contribution in [3.05, 3.63) is 35.4 Å². The van der Waals surface area contributed by atoms with Crippen LogP contribution in [0.15, 0.2) is 24.3 Å². The predicted octanol–water partition coefficient (Wildman–Crippen LogP) is 1.27. The van der Waals surface area contributed by atoms with Crippen LogP contribution in [0.25, 0.3) is 0 Å². The lowest BCUT2D eigenvalue weighted by Gasteiger charge is -2.36. The van der Waals surface area contributed by atoms with Gasteiger partial charge in [-0.15, -0.1) is 0 Å². The zero-order valence-corrected chi connectivity index (χ0v) is 9.77. The quantitative estimate of drug-likeness (QED) is 0.743. The highest BCUT2D eigenvalue weighted by molar-refractivity contribution is 6.01. The summed E-state index contributed by atoms with van der Waals surface area (Å²) in [5.41, 5.74) is -0.387. The molecule has 1 aliphatic rings. The second-order valence-electron chi connectivity index (χ2n) is 4.40. The van der Waals surface area contributed by atoms with Crippen molar-refractivity contribution in [2.75, 3.05) is 7.11 Å². The lowest BCUT2D eigenvalue weighted by atomic mass is 9.72. The van der Waals surface area contributed by atoms with E-state index < -0.39 is 17.5 Å². The molecule has 0 aromatic heterocycles. The number of carbonyl (C=O) groups excluding carboxylic acids is 2. The van der Waals surface area contributed by atoms with Crippen LogP contribution in [0.4, 0.5) is 0 Å². The van der Waals surface area contributed by atoms with Crippen LogP contribution in [0.2, 0.25) is 0 Å². The van der Waals surface area contributed by atoms with Crippen LogP contribution in [0, 0.1) is 5.92 Å². The highest BCUT2D eigenvalue weighted by atomic mass is 16.5. The van der Waals surface area contributed by atoms with Gasteiger partial charge in [0.2, 0.25) is 0 Å². The number of methoxy groups -OCH3 is 1. The maximum Gasteiger partial charge on any atom is 0.312 e. The Morgan fingerprint density at radius 3 is 2.76 bits per heavy atom. The highest BCUT2D eigenvalue weighted by Crippen LogP contribution is 2.39. The second kappa shape index (κ2) is 3.96. The molecule has 2 atom stereocenters. The van der Waals surface area contributed by atoms with E-state index in [-0.39, 0.29) is 12.2 Å². The zero-order chi connectivity index (χ0) is 12.6. The molecular formula is C13H14O4. The number of Topliss-reactive ketones (excluding diaryl/α,β-unsaturated/α-hetero) is 1. The lowest BCUT2D eigenvalue weighted by molar-refractivity contribution is -0.155. The minimum Gasteiger partial charge on any atom is -0.469 e. The molecule has 1 N–H and O–H groups in total. The van der Waals surface area contributed by atoms with E-state index in [0.717, 1.165) is 0 Å². The Morgan fingerprint density at radius 1 is 1.47 bits per heavy atom. The van der Waals surface area contributed by atoms with Crippen molar-refractivity contribution in [1.29, 1.82) is 0 Å². The van der Waals surface area contributed by atoms with Crippen molar-refractivity contribution in [1.82, 2.24) is 0 Å². The fourth-order valence-electron chi connectivity index (χ4n) is 2.30. The van der Waals surface area contributed by atoms with Crippen molar-refractivity contribution in [2.24, 2.45) is 5.92 Å². The van der Waals surface area contributed by atoms with Crippen LogP contribution in [0.5, 0.6) is 0 Å². The second-order valence-corrected chi connectivity index (χ2v) is 4.40. The first-order valence-electron chi connectivity index (χ1n) is 5.41. The molecule has 1 aromatic rings. The molecule has 0 saturated carbocycles. The molecule has 0 heterocycles. The Morgan fingerprint density at radius 2 is 2.12 bits per heavy atom. The zero-order valence-electron chi connectivity index (χ0n) is 9.77. The number of hydrogen-bond acceptors (Lipinski definition) is 4. The summed E-state index contributed by atoms with van der Waals surface area (Å²) in [4.78, 5) is 23.5. The number of hydrogen-bond donors (Lipinski definition) is 1. The van der Waals surface area contributed by atoms with Crippen molar-refractivity contribution in [3.63, 3.8) is 0 Å². The molecular weight excluding hydrogens is 220 g/mol. The third kappa shape index (κ3) is 1.74. The van der Waals surface area contributed by atoms with Gasteiger partial charge in [-0.2, -0.15) is 0 Å². The van der Waals surface area contributed by atoms with Gasteiger partial charge in [0.15, 0.2) is 5.78 Å². The third-order valence-corrected chi connectivity index (χ3v) is 3.33. The summed E-state index contributed by atoms with van der Waals surface area (Å²) in [5, 5.41) is 10.5.